The molecular weight excluding hydrogens is 258 g/mol. The van der Waals surface area contributed by atoms with Gasteiger partial charge in [-0.3, -0.25) is 19.3 Å². The predicted molar refractivity (Wildman–Crippen MR) is 72.3 cm³/mol. The number of likely N-dealkylation sites (tertiary alicyclic amines) is 1. The molecule has 1 fully saturated rings. The van der Waals surface area contributed by atoms with E-state index in [-0.39, 0.29) is 12.3 Å². The molecule has 106 valence electrons. The maximum absolute atomic E-state index is 12.3. The molecule has 2 rings (SSSR count). The van der Waals surface area contributed by atoms with Crippen LogP contribution in [0.25, 0.3) is 0 Å². The molecule has 2 unspecified atom stereocenters. The standard InChI is InChI=1S/C14H17N3O3/c1-14(15,9-6-4-3-5-7-9)13(20)16-10-8-11(18)17(2)12(10)19/h3-7,10H,8,15H2,1-2H3,(H,16,20). The number of carbonyl (C=O) groups excluding carboxylic acids is 3. The zero-order chi connectivity index (χ0) is 14.9. The molecule has 0 saturated carbocycles. The number of imide groups is 1. The number of carbonyl (C=O) groups is 3. The van der Waals surface area contributed by atoms with Crippen molar-refractivity contribution in [3.63, 3.8) is 0 Å². The maximum atomic E-state index is 12.3. The molecule has 1 aliphatic rings. The molecule has 2 atom stereocenters. The molecule has 1 aliphatic heterocycles. The molecule has 1 saturated heterocycles. The third kappa shape index (κ3) is 2.42. The highest BCUT2D eigenvalue weighted by Crippen LogP contribution is 2.19. The SMILES string of the molecule is CN1C(=O)CC(NC(=O)C(C)(N)c2ccccc2)C1=O. The number of nitrogens with zero attached hydrogens (tertiary/aromatic N) is 1. The van der Waals surface area contributed by atoms with Gasteiger partial charge in [0.15, 0.2) is 0 Å². The second-order valence-electron chi connectivity index (χ2n) is 5.09. The maximum Gasteiger partial charge on any atom is 0.252 e. The fourth-order valence-corrected chi connectivity index (χ4v) is 2.09. The van der Waals surface area contributed by atoms with Gasteiger partial charge in [0.2, 0.25) is 11.8 Å². The van der Waals surface area contributed by atoms with E-state index in [0.717, 1.165) is 4.90 Å². The molecule has 1 aromatic rings. The van der Waals surface area contributed by atoms with Gasteiger partial charge in [-0.15, -0.1) is 0 Å². The molecule has 6 heteroatoms. The van der Waals surface area contributed by atoms with Gasteiger partial charge in [-0.1, -0.05) is 30.3 Å². The molecule has 3 amide bonds. The average molecular weight is 275 g/mol. The zero-order valence-corrected chi connectivity index (χ0v) is 11.4. The Morgan fingerprint density at radius 1 is 1.35 bits per heavy atom. The Labute approximate surface area is 116 Å². The number of nitrogens with one attached hydrogen (secondary N) is 1. The Kier molecular flexibility index (Phi) is 3.59. The van der Waals surface area contributed by atoms with Crippen LogP contribution in [-0.2, 0) is 19.9 Å². The van der Waals surface area contributed by atoms with Crippen LogP contribution >= 0.6 is 0 Å². The van der Waals surface area contributed by atoms with Gasteiger partial charge in [0.05, 0.1) is 6.42 Å². The highest BCUT2D eigenvalue weighted by Gasteiger charge is 2.40. The first-order valence-electron chi connectivity index (χ1n) is 6.30. The van der Waals surface area contributed by atoms with E-state index in [0.29, 0.717) is 5.56 Å². The van der Waals surface area contributed by atoms with Crippen LogP contribution in [0.1, 0.15) is 18.9 Å². The van der Waals surface area contributed by atoms with Gasteiger partial charge in [0.1, 0.15) is 11.6 Å². The van der Waals surface area contributed by atoms with Gasteiger partial charge in [-0.05, 0) is 12.5 Å². The lowest BCUT2D eigenvalue weighted by Crippen LogP contribution is -2.53. The van der Waals surface area contributed by atoms with E-state index < -0.39 is 23.4 Å². The van der Waals surface area contributed by atoms with Gasteiger partial charge in [-0.2, -0.15) is 0 Å². The summed E-state index contributed by atoms with van der Waals surface area (Å²) in [5.41, 5.74) is 5.44. The number of likely N-dealkylation sites (N-methyl/N-ethyl adjacent to an activating group) is 1. The molecule has 0 spiro atoms. The Balaban J connectivity index is 2.13. The van der Waals surface area contributed by atoms with Crippen LogP contribution in [0.5, 0.6) is 0 Å². The van der Waals surface area contributed by atoms with Crippen molar-refractivity contribution in [2.24, 2.45) is 5.73 Å². The average Bonchev–Trinajstić information content (AvgIpc) is 2.67. The Morgan fingerprint density at radius 3 is 2.45 bits per heavy atom. The van der Waals surface area contributed by atoms with Crippen molar-refractivity contribution in [2.75, 3.05) is 7.05 Å². The number of nitrogens with two attached hydrogens (primary N) is 1. The Bertz CT molecular complexity index is 554. The van der Waals surface area contributed by atoms with E-state index in [2.05, 4.69) is 5.32 Å². The molecule has 1 aromatic carbocycles. The van der Waals surface area contributed by atoms with E-state index in [9.17, 15) is 14.4 Å². The summed E-state index contributed by atoms with van der Waals surface area (Å²) in [7, 11) is 1.40. The van der Waals surface area contributed by atoms with Gasteiger partial charge >= 0.3 is 0 Å². The van der Waals surface area contributed by atoms with Crippen molar-refractivity contribution in [1.82, 2.24) is 10.2 Å². The first kappa shape index (κ1) is 14.2. The van der Waals surface area contributed by atoms with E-state index >= 15 is 0 Å². The third-order valence-corrected chi connectivity index (χ3v) is 3.53. The summed E-state index contributed by atoms with van der Waals surface area (Å²) >= 11 is 0. The number of amides is 3. The second-order valence-corrected chi connectivity index (χ2v) is 5.09. The summed E-state index contributed by atoms with van der Waals surface area (Å²) in [5, 5.41) is 2.55. The number of hydrogen-bond donors (Lipinski definition) is 2. The summed E-state index contributed by atoms with van der Waals surface area (Å²) in [4.78, 5) is 36.5. The van der Waals surface area contributed by atoms with Gasteiger partial charge in [-0.25, -0.2) is 0 Å². The molecule has 0 aromatic heterocycles. The lowest BCUT2D eigenvalue weighted by molar-refractivity contribution is -0.138. The molecule has 3 N–H and O–H groups in total. The second kappa shape index (κ2) is 5.05. The quantitative estimate of drug-likeness (QED) is 0.743. The largest absolute Gasteiger partial charge is 0.342 e. The van der Waals surface area contributed by atoms with Crippen molar-refractivity contribution < 1.29 is 14.4 Å². The fourth-order valence-electron chi connectivity index (χ4n) is 2.09. The van der Waals surface area contributed by atoms with E-state index in [4.69, 9.17) is 5.73 Å². The van der Waals surface area contributed by atoms with Crippen LogP contribution in [0.2, 0.25) is 0 Å². The summed E-state index contributed by atoms with van der Waals surface area (Å²) in [6.07, 6.45) is -0.0219. The summed E-state index contributed by atoms with van der Waals surface area (Å²) < 4.78 is 0. The van der Waals surface area contributed by atoms with Crippen molar-refractivity contribution in [2.45, 2.75) is 24.9 Å². The summed E-state index contributed by atoms with van der Waals surface area (Å²) in [6.45, 7) is 1.57. The molecule has 6 nitrogen and oxygen atoms in total. The molecular formula is C14H17N3O3. The van der Waals surface area contributed by atoms with Gasteiger partial charge in [0.25, 0.3) is 5.91 Å². The molecule has 0 radical (unpaired) electrons. The topological polar surface area (TPSA) is 92.5 Å². The predicted octanol–water partition coefficient (Wildman–Crippen LogP) is -0.266. The van der Waals surface area contributed by atoms with Crippen molar-refractivity contribution in [1.29, 1.82) is 0 Å². The van der Waals surface area contributed by atoms with E-state index in [1.165, 1.54) is 7.05 Å². The van der Waals surface area contributed by atoms with Crippen molar-refractivity contribution in [3.8, 4) is 0 Å². The lowest BCUT2D eigenvalue weighted by Gasteiger charge is -2.25. The number of rotatable bonds is 3. The number of hydrogen-bond acceptors (Lipinski definition) is 4. The molecule has 1 heterocycles. The lowest BCUT2D eigenvalue weighted by atomic mass is 9.92. The van der Waals surface area contributed by atoms with Crippen LogP contribution in [0, 0.1) is 0 Å². The first-order chi connectivity index (χ1) is 9.34. The van der Waals surface area contributed by atoms with Crippen molar-refractivity contribution in [3.05, 3.63) is 35.9 Å². The normalized spacial score (nSPS) is 21.8. The van der Waals surface area contributed by atoms with Gasteiger partial charge < -0.3 is 11.1 Å². The first-order valence-corrected chi connectivity index (χ1v) is 6.30. The van der Waals surface area contributed by atoms with Crippen LogP contribution in [0.3, 0.4) is 0 Å². The zero-order valence-electron chi connectivity index (χ0n) is 11.4. The molecule has 20 heavy (non-hydrogen) atoms. The van der Waals surface area contributed by atoms with Crippen LogP contribution in [0.15, 0.2) is 30.3 Å². The Hall–Kier alpha value is -2.21. The summed E-state index contributed by atoms with van der Waals surface area (Å²) in [6, 6.07) is 8.05. The van der Waals surface area contributed by atoms with E-state index in [1.807, 2.05) is 6.07 Å². The molecule has 0 aliphatic carbocycles. The summed E-state index contributed by atoms with van der Waals surface area (Å²) in [5.74, 6) is -1.20. The van der Waals surface area contributed by atoms with E-state index in [1.54, 1.807) is 31.2 Å². The van der Waals surface area contributed by atoms with Crippen LogP contribution in [0.4, 0.5) is 0 Å². The number of benzene rings is 1. The highest BCUT2D eigenvalue weighted by molar-refractivity contribution is 6.07. The minimum atomic E-state index is -1.26. The van der Waals surface area contributed by atoms with Gasteiger partial charge in [0, 0.05) is 7.05 Å². The van der Waals surface area contributed by atoms with Crippen LogP contribution < -0.4 is 11.1 Å². The fraction of sp³-hybridized carbons (Fsp3) is 0.357. The smallest absolute Gasteiger partial charge is 0.252 e. The Morgan fingerprint density at radius 2 is 1.95 bits per heavy atom. The molecule has 0 bridgehead atoms. The van der Waals surface area contributed by atoms with Crippen LogP contribution in [-0.4, -0.2) is 35.7 Å². The third-order valence-electron chi connectivity index (χ3n) is 3.53. The highest BCUT2D eigenvalue weighted by atomic mass is 16.2. The minimum absolute atomic E-state index is 0.0219. The minimum Gasteiger partial charge on any atom is -0.342 e. The van der Waals surface area contributed by atoms with Crippen molar-refractivity contribution >= 4 is 17.7 Å². The monoisotopic (exact) mass is 275 g/mol.